The van der Waals surface area contributed by atoms with E-state index < -0.39 is 10.0 Å². The second-order valence-corrected chi connectivity index (χ2v) is 7.71. The van der Waals surface area contributed by atoms with E-state index in [4.69, 9.17) is 5.14 Å². The molecule has 2 aromatic heterocycles. The van der Waals surface area contributed by atoms with Gasteiger partial charge >= 0.3 is 0 Å². The zero-order chi connectivity index (χ0) is 17.2. The summed E-state index contributed by atoms with van der Waals surface area (Å²) >= 11 is 0.918. The van der Waals surface area contributed by atoms with Crippen molar-refractivity contribution in [1.82, 2.24) is 15.1 Å². The quantitative estimate of drug-likeness (QED) is 0.717. The summed E-state index contributed by atoms with van der Waals surface area (Å²) in [5.41, 5.74) is 2.01. The average Bonchev–Trinajstić information content (AvgIpc) is 3.22. The zero-order valence-electron chi connectivity index (χ0n) is 12.4. The molecule has 3 N–H and O–H groups in total. The lowest BCUT2D eigenvalue weighted by atomic mass is 10.3. The van der Waals surface area contributed by atoms with E-state index in [1.54, 1.807) is 10.9 Å². The first-order valence-electron chi connectivity index (χ1n) is 6.92. The van der Waals surface area contributed by atoms with Crippen molar-refractivity contribution in [1.29, 1.82) is 0 Å². The molecule has 0 aliphatic carbocycles. The lowest BCUT2D eigenvalue weighted by Crippen LogP contribution is -2.22. The largest absolute Gasteiger partial charge is 0.348 e. The SMILES string of the molecule is NS(=O)(=O)c1cc(C(=O)NCc2cnn(-c3ccccc3)c2)cs1. The Morgan fingerprint density at radius 1 is 1.29 bits per heavy atom. The highest BCUT2D eigenvalue weighted by Crippen LogP contribution is 2.18. The number of rotatable bonds is 5. The average molecular weight is 362 g/mol. The van der Waals surface area contributed by atoms with Gasteiger partial charge in [0.25, 0.3) is 5.91 Å². The highest BCUT2D eigenvalue weighted by molar-refractivity contribution is 7.91. The normalized spacial score (nSPS) is 11.4. The van der Waals surface area contributed by atoms with E-state index in [2.05, 4.69) is 10.4 Å². The second kappa shape index (κ2) is 6.56. The molecule has 3 aromatic rings. The van der Waals surface area contributed by atoms with E-state index >= 15 is 0 Å². The summed E-state index contributed by atoms with van der Waals surface area (Å²) in [6, 6.07) is 10.9. The molecule has 9 heteroatoms. The van der Waals surface area contributed by atoms with Gasteiger partial charge in [0.1, 0.15) is 4.21 Å². The molecular formula is C15H14N4O3S2. The highest BCUT2D eigenvalue weighted by atomic mass is 32.2. The van der Waals surface area contributed by atoms with E-state index in [1.165, 1.54) is 11.4 Å². The van der Waals surface area contributed by atoms with Crippen LogP contribution in [0.15, 0.2) is 58.4 Å². The number of carbonyl (C=O) groups is 1. The number of carbonyl (C=O) groups excluding carboxylic acids is 1. The predicted molar refractivity (Wildman–Crippen MR) is 90.4 cm³/mol. The van der Waals surface area contributed by atoms with Crippen molar-refractivity contribution >= 4 is 27.3 Å². The van der Waals surface area contributed by atoms with Crippen LogP contribution in [0.3, 0.4) is 0 Å². The molecule has 0 unspecified atom stereocenters. The van der Waals surface area contributed by atoms with Gasteiger partial charge in [0.2, 0.25) is 10.0 Å². The molecular weight excluding hydrogens is 348 g/mol. The summed E-state index contributed by atoms with van der Waals surface area (Å²) < 4.78 is 24.1. The van der Waals surface area contributed by atoms with E-state index in [0.29, 0.717) is 0 Å². The Morgan fingerprint density at radius 2 is 2.04 bits per heavy atom. The van der Waals surface area contributed by atoms with Gasteiger partial charge in [-0.3, -0.25) is 4.79 Å². The molecule has 0 saturated carbocycles. The molecule has 0 spiro atoms. The van der Waals surface area contributed by atoms with E-state index in [-0.39, 0.29) is 22.2 Å². The Kier molecular flexibility index (Phi) is 4.47. The van der Waals surface area contributed by atoms with Crippen molar-refractivity contribution in [2.45, 2.75) is 10.8 Å². The Hall–Kier alpha value is -2.49. The van der Waals surface area contributed by atoms with Crippen LogP contribution >= 0.6 is 11.3 Å². The van der Waals surface area contributed by atoms with Crippen molar-refractivity contribution in [3.63, 3.8) is 0 Å². The van der Waals surface area contributed by atoms with Gasteiger partial charge in [0, 0.05) is 23.7 Å². The molecule has 2 heterocycles. The first-order chi connectivity index (χ1) is 11.4. The Morgan fingerprint density at radius 3 is 2.71 bits per heavy atom. The standard InChI is InChI=1S/C15H14N4O3S2/c16-24(21,22)14-6-12(10-23-14)15(20)17-7-11-8-18-19(9-11)13-4-2-1-3-5-13/h1-6,8-10H,7H2,(H,17,20)(H2,16,21,22). The van der Waals surface area contributed by atoms with Gasteiger partial charge in [0.05, 0.1) is 17.4 Å². The van der Waals surface area contributed by atoms with Gasteiger partial charge in [-0.15, -0.1) is 11.3 Å². The molecule has 7 nitrogen and oxygen atoms in total. The van der Waals surface area contributed by atoms with Crippen LogP contribution in [0.25, 0.3) is 5.69 Å². The fourth-order valence-corrected chi connectivity index (χ4v) is 3.63. The third-order valence-corrected chi connectivity index (χ3v) is 5.61. The van der Waals surface area contributed by atoms with Gasteiger partial charge in [-0.05, 0) is 18.2 Å². The monoisotopic (exact) mass is 362 g/mol. The maximum Gasteiger partial charge on any atom is 0.252 e. The summed E-state index contributed by atoms with van der Waals surface area (Å²) in [6.07, 6.45) is 3.48. The maximum atomic E-state index is 12.1. The van der Waals surface area contributed by atoms with Crippen molar-refractivity contribution < 1.29 is 13.2 Å². The summed E-state index contributed by atoms with van der Waals surface area (Å²) in [7, 11) is -3.78. The number of thiophene rings is 1. The highest BCUT2D eigenvalue weighted by Gasteiger charge is 2.15. The number of para-hydroxylation sites is 1. The number of sulfonamides is 1. The van der Waals surface area contributed by atoms with Crippen LogP contribution in [-0.4, -0.2) is 24.1 Å². The summed E-state index contributed by atoms with van der Waals surface area (Å²) in [5.74, 6) is -0.367. The van der Waals surface area contributed by atoms with Crippen LogP contribution in [-0.2, 0) is 16.6 Å². The summed E-state index contributed by atoms with van der Waals surface area (Å²) in [4.78, 5) is 12.1. The van der Waals surface area contributed by atoms with Gasteiger partial charge in [0.15, 0.2) is 0 Å². The van der Waals surface area contributed by atoms with Gasteiger partial charge in [-0.2, -0.15) is 5.10 Å². The molecule has 3 rings (SSSR count). The lowest BCUT2D eigenvalue weighted by Gasteiger charge is -2.01. The molecule has 1 aromatic carbocycles. The number of primary sulfonamides is 1. The number of hydrogen-bond donors (Lipinski definition) is 2. The van der Waals surface area contributed by atoms with E-state index in [1.807, 2.05) is 36.5 Å². The van der Waals surface area contributed by atoms with Crippen LogP contribution in [0.1, 0.15) is 15.9 Å². The van der Waals surface area contributed by atoms with E-state index in [9.17, 15) is 13.2 Å². The molecule has 0 fully saturated rings. The first-order valence-corrected chi connectivity index (χ1v) is 9.34. The van der Waals surface area contributed by atoms with Crippen molar-refractivity contribution in [3.05, 3.63) is 65.3 Å². The zero-order valence-corrected chi connectivity index (χ0v) is 14.0. The van der Waals surface area contributed by atoms with Gasteiger partial charge in [-0.25, -0.2) is 18.2 Å². The Labute approximate surface area is 142 Å². The predicted octanol–water partition coefficient (Wildman–Crippen LogP) is 1.51. The topological polar surface area (TPSA) is 107 Å². The molecule has 0 atom stereocenters. The first kappa shape index (κ1) is 16.4. The van der Waals surface area contributed by atoms with Gasteiger partial charge < -0.3 is 5.32 Å². The Bertz CT molecular complexity index is 962. The molecule has 0 bridgehead atoms. The molecule has 0 aliphatic heterocycles. The lowest BCUT2D eigenvalue weighted by molar-refractivity contribution is 0.0951. The molecule has 1 amide bonds. The summed E-state index contributed by atoms with van der Waals surface area (Å²) in [6.45, 7) is 0.284. The van der Waals surface area contributed by atoms with Crippen molar-refractivity contribution in [2.75, 3.05) is 0 Å². The fourth-order valence-electron chi connectivity index (χ4n) is 2.04. The number of aromatic nitrogens is 2. The minimum absolute atomic E-state index is 0.0375. The van der Waals surface area contributed by atoms with Crippen molar-refractivity contribution in [2.24, 2.45) is 5.14 Å². The minimum Gasteiger partial charge on any atom is -0.348 e. The van der Waals surface area contributed by atoms with Crippen LogP contribution < -0.4 is 10.5 Å². The van der Waals surface area contributed by atoms with Gasteiger partial charge in [-0.1, -0.05) is 18.2 Å². The number of hydrogen-bond acceptors (Lipinski definition) is 5. The number of nitrogens with one attached hydrogen (secondary N) is 1. The smallest absolute Gasteiger partial charge is 0.252 e. The van der Waals surface area contributed by atoms with Crippen LogP contribution in [0.4, 0.5) is 0 Å². The van der Waals surface area contributed by atoms with Crippen LogP contribution in [0.5, 0.6) is 0 Å². The number of nitrogens with two attached hydrogens (primary N) is 1. The molecule has 24 heavy (non-hydrogen) atoms. The van der Waals surface area contributed by atoms with Crippen LogP contribution in [0.2, 0.25) is 0 Å². The summed E-state index contributed by atoms with van der Waals surface area (Å²) in [5, 5.41) is 13.5. The van der Waals surface area contributed by atoms with Crippen LogP contribution in [0, 0.1) is 0 Å². The molecule has 0 saturated heterocycles. The number of benzene rings is 1. The molecule has 124 valence electrons. The maximum absolute atomic E-state index is 12.1. The van der Waals surface area contributed by atoms with Crippen molar-refractivity contribution in [3.8, 4) is 5.69 Å². The Balaban J connectivity index is 1.65. The second-order valence-electron chi connectivity index (χ2n) is 5.01. The van der Waals surface area contributed by atoms with E-state index in [0.717, 1.165) is 22.6 Å². The fraction of sp³-hybridized carbons (Fsp3) is 0.0667. The number of amides is 1. The number of nitrogens with zero attached hydrogens (tertiary/aromatic N) is 2. The minimum atomic E-state index is -3.78. The third kappa shape index (κ3) is 3.70. The molecule has 0 aliphatic rings. The third-order valence-electron chi connectivity index (χ3n) is 3.23. The molecule has 0 radical (unpaired) electrons.